The molecule has 220 valence electrons. The summed E-state index contributed by atoms with van der Waals surface area (Å²) in [5.41, 5.74) is -2.55. The summed E-state index contributed by atoms with van der Waals surface area (Å²) in [5, 5.41) is 12.6. The van der Waals surface area contributed by atoms with Crippen LogP contribution in [0.15, 0.2) is 36.4 Å². The molecule has 4 aliphatic rings. The summed E-state index contributed by atoms with van der Waals surface area (Å²) in [6.07, 6.45) is 1.48. The van der Waals surface area contributed by atoms with Crippen LogP contribution in [-0.4, -0.2) is 49.5 Å². The van der Waals surface area contributed by atoms with E-state index in [1.165, 1.54) is 6.07 Å². The van der Waals surface area contributed by atoms with Crippen LogP contribution in [0, 0.1) is 28.5 Å². The number of ketones is 1. The summed E-state index contributed by atoms with van der Waals surface area (Å²) < 4.78 is 50.2. The van der Waals surface area contributed by atoms with Crippen LogP contribution in [0.2, 0.25) is 10.0 Å². The lowest BCUT2D eigenvalue weighted by Crippen LogP contribution is -2.61. The van der Waals surface area contributed by atoms with E-state index in [1.807, 2.05) is 0 Å². The Morgan fingerprint density at radius 2 is 1.88 bits per heavy atom. The third kappa shape index (κ3) is 4.27. The quantitative estimate of drug-likeness (QED) is 0.372. The number of carbonyl (C=O) groups excluding carboxylic acids is 2. The molecule has 5 nitrogen and oxygen atoms in total. The van der Waals surface area contributed by atoms with Crippen LogP contribution in [-0.2, 0) is 19.7 Å². The second kappa shape index (κ2) is 10.5. The SMILES string of the molecule is O=C(C[C@@H]1CC[C@@H](CO)OC1)[C@@H]1CC2(CC(CF)(CF)C2)[C@@]2(C(=O)Nc3cc(Cl)ccc32)[C@H]1c1cccc(Cl)c1F. The van der Waals surface area contributed by atoms with Crippen molar-refractivity contribution in [1.29, 1.82) is 0 Å². The first kappa shape index (κ1) is 29.0. The predicted octanol–water partition coefficient (Wildman–Crippen LogP) is 6.58. The van der Waals surface area contributed by atoms with E-state index < -0.39 is 53.2 Å². The maximum Gasteiger partial charge on any atom is 0.236 e. The highest BCUT2D eigenvalue weighted by Gasteiger charge is 2.77. The van der Waals surface area contributed by atoms with Gasteiger partial charge in [0.15, 0.2) is 0 Å². The number of hydrogen-bond acceptors (Lipinski definition) is 4. The number of benzene rings is 2. The molecule has 10 heteroatoms. The zero-order chi connectivity index (χ0) is 29.2. The van der Waals surface area contributed by atoms with Crippen molar-refractivity contribution >= 4 is 40.6 Å². The number of Topliss-reactive ketones (excluding diaryl/α,β-unsaturated/α-hetero) is 1. The second-order valence-corrected chi connectivity index (χ2v) is 13.4. The highest BCUT2D eigenvalue weighted by atomic mass is 35.5. The van der Waals surface area contributed by atoms with Crippen molar-refractivity contribution in [2.75, 3.05) is 31.9 Å². The van der Waals surface area contributed by atoms with Crippen LogP contribution in [0.4, 0.5) is 18.9 Å². The van der Waals surface area contributed by atoms with Crippen molar-refractivity contribution in [2.45, 2.75) is 56.0 Å². The first-order valence-corrected chi connectivity index (χ1v) is 14.8. The van der Waals surface area contributed by atoms with E-state index in [-0.39, 0.29) is 60.7 Å². The molecule has 2 aliphatic heterocycles. The van der Waals surface area contributed by atoms with Gasteiger partial charge in [0, 0.05) is 34.4 Å². The summed E-state index contributed by atoms with van der Waals surface area (Å²) in [5.74, 6) is -3.13. The molecule has 0 aromatic heterocycles. The van der Waals surface area contributed by atoms with Crippen LogP contribution in [0.25, 0.3) is 0 Å². The van der Waals surface area contributed by atoms with Crippen molar-refractivity contribution in [1.82, 2.24) is 0 Å². The number of ether oxygens (including phenoxy) is 1. The number of hydrogen-bond donors (Lipinski definition) is 2. The van der Waals surface area contributed by atoms with Gasteiger partial charge in [0.05, 0.1) is 43.1 Å². The summed E-state index contributed by atoms with van der Waals surface area (Å²) in [4.78, 5) is 28.5. The molecule has 2 aliphatic carbocycles. The Kier molecular flexibility index (Phi) is 7.45. The number of rotatable bonds is 7. The smallest absolute Gasteiger partial charge is 0.236 e. The molecule has 2 aromatic carbocycles. The summed E-state index contributed by atoms with van der Waals surface area (Å²) in [7, 11) is 0. The van der Waals surface area contributed by atoms with Crippen LogP contribution in [0.3, 0.4) is 0 Å². The van der Waals surface area contributed by atoms with E-state index in [2.05, 4.69) is 5.32 Å². The molecule has 2 N–H and O–H groups in total. The Bertz CT molecular complexity index is 1370. The van der Waals surface area contributed by atoms with Gasteiger partial charge < -0.3 is 15.2 Å². The van der Waals surface area contributed by atoms with Crippen LogP contribution >= 0.6 is 23.2 Å². The Morgan fingerprint density at radius 3 is 2.54 bits per heavy atom. The molecule has 0 radical (unpaired) electrons. The minimum Gasteiger partial charge on any atom is -0.394 e. The van der Waals surface area contributed by atoms with Gasteiger partial charge in [-0.2, -0.15) is 0 Å². The third-order valence-corrected chi connectivity index (χ3v) is 10.7. The summed E-state index contributed by atoms with van der Waals surface area (Å²) >= 11 is 12.5. The number of anilines is 1. The monoisotopic (exact) mass is 609 g/mol. The number of alkyl halides is 2. The molecule has 6 rings (SSSR count). The molecule has 2 aromatic rings. The van der Waals surface area contributed by atoms with Gasteiger partial charge >= 0.3 is 0 Å². The van der Waals surface area contributed by atoms with Crippen molar-refractivity contribution in [3.05, 3.63) is 63.4 Å². The fraction of sp³-hybridized carbons (Fsp3) is 0.548. The van der Waals surface area contributed by atoms with Gasteiger partial charge in [-0.25, -0.2) is 4.39 Å². The largest absolute Gasteiger partial charge is 0.394 e. The molecule has 2 spiro atoms. The number of halogens is 5. The van der Waals surface area contributed by atoms with Crippen molar-refractivity contribution < 1.29 is 32.6 Å². The van der Waals surface area contributed by atoms with E-state index in [9.17, 15) is 23.5 Å². The van der Waals surface area contributed by atoms with Crippen LogP contribution in [0.5, 0.6) is 0 Å². The molecule has 2 saturated carbocycles. The highest BCUT2D eigenvalue weighted by molar-refractivity contribution is 6.31. The number of nitrogens with one attached hydrogen (secondary N) is 1. The molecule has 0 bridgehead atoms. The zero-order valence-electron chi connectivity index (χ0n) is 22.4. The van der Waals surface area contributed by atoms with Crippen LogP contribution in [0.1, 0.15) is 55.6 Å². The Balaban J connectivity index is 1.50. The van der Waals surface area contributed by atoms with Gasteiger partial charge in [-0.3, -0.25) is 18.4 Å². The van der Waals surface area contributed by atoms with Crippen molar-refractivity contribution in [3.63, 3.8) is 0 Å². The molecule has 2 heterocycles. The lowest BCUT2D eigenvalue weighted by molar-refractivity contribution is -0.143. The highest BCUT2D eigenvalue weighted by Crippen LogP contribution is 2.77. The minimum absolute atomic E-state index is 0.0513. The Morgan fingerprint density at radius 1 is 1.12 bits per heavy atom. The number of carbonyl (C=O) groups is 2. The lowest BCUT2D eigenvalue weighted by Gasteiger charge is -2.59. The van der Waals surface area contributed by atoms with Crippen molar-refractivity contribution in [2.24, 2.45) is 22.7 Å². The van der Waals surface area contributed by atoms with E-state index in [0.29, 0.717) is 35.7 Å². The number of aliphatic hydroxyl groups excluding tert-OH is 1. The molecule has 0 unspecified atom stereocenters. The van der Waals surface area contributed by atoms with E-state index in [0.717, 1.165) is 0 Å². The molecule has 5 atom stereocenters. The van der Waals surface area contributed by atoms with Gasteiger partial charge in [0.2, 0.25) is 5.91 Å². The average molecular weight is 611 g/mol. The van der Waals surface area contributed by atoms with Gasteiger partial charge in [-0.15, -0.1) is 0 Å². The number of aliphatic hydroxyl groups is 1. The Labute approximate surface area is 246 Å². The minimum atomic E-state index is -1.46. The fourth-order valence-corrected chi connectivity index (χ4v) is 8.97. The van der Waals surface area contributed by atoms with Crippen LogP contribution < -0.4 is 5.32 Å². The van der Waals surface area contributed by atoms with E-state index in [1.54, 1.807) is 30.3 Å². The van der Waals surface area contributed by atoms with E-state index >= 15 is 4.39 Å². The second-order valence-electron chi connectivity index (χ2n) is 12.5. The maximum atomic E-state index is 15.9. The van der Waals surface area contributed by atoms with Gasteiger partial charge in [-0.1, -0.05) is 41.4 Å². The zero-order valence-corrected chi connectivity index (χ0v) is 23.9. The molecular weight excluding hydrogens is 578 g/mol. The normalized spacial score (nSPS) is 31.2. The molecule has 1 amide bonds. The molecule has 3 fully saturated rings. The lowest BCUT2D eigenvalue weighted by atomic mass is 9.43. The topological polar surface area (TPSA) is 75.6 Å². The summed E-state index contributed by atoms with van der Waals surface area (Å²) in [6.45, 7) is -1.56. The Hall–Kier alpha value is -2.13. The number of fused-ring (bicyclic) bond motifs is 3. The first-order valence-electron chi connectivity index (χ1n) is 14.1. The average Bonchev–Trinajstić information content (AvgIpc) is 3.41. The first-order chi connectivity index (χ1) is 19.6. The third-order valence-electron chi connectivity index (χ3n) is 10.2. The summed E-state index contributed by atoms with van der Waals surface area (Å²) in [6, 6.07) is 9.53. The maximum absolute atomic E-state index is 15.9. The molecular formula is C31H32Cl2F3NO4. The van der Waals surface area contributed by atoms with E-state index in [4.69, 9.17) is 27.9 Å². The standard InChI is InChI=1S/C31H32Cl2F3NO4/c32-18-5-7-22-24(9-18)37-28(40)31(22)26(20-2-1-3-23(33)27(20)36)21(10-30(31)13-29(14-30,15-34)16-35)25(39)8-17-4-6-19(11-38)41-12-17/h1-3,5,7,9,17,19,21,26,38H,4,6,8,10-16H2,(H,37,40)/t17-,19-,21-,26-,31+/m0/s1. The van der Waals surface area contributed by atoms with Gasteiger partial charge in [0.25, 0.3) is 0 Å². The van der Waals surface area contributed by atoms with Gasteiger partial charge in [0.1, 0.15) is 11.6 Å². The fourth-order valence-electron chi connectivity index (χ4n) is 8.62. The van der Waals surface area contributed by atoms with Crippen molar-refractivity contribution in [3.8, 4) is 0 Å². The predicted molar refractivity (Wildman–Crippen MR) is 149 cm³/mol. The molecule has 41 heavy (non-hydrogen) atoms. The number of amides is 1. The molecule has 1 saturated heterocycles. The van der Waals surface area contributed by atoms with Gasteiger partial charge in [-0.05, 0) is 72.8 Å².